The number of carbonyl (C=O) groups is 1. The van der Waals surface area contributed by atoms with Gasteiger partial charge in [0, 0.05) is 25.2 Å². The van der Waals surface area contributed by atoms with Gasteiger partial charge in [0.05, 0.1) is 4.92 Å². The van der Waals surface area contributed by atoms with Crippen molar-refractivity contribution in [1.29, 1.82) is 0 Å². The molecule has 1 fully saturated rings. The summed E-state index contributed by atoms with van der Waals surface area (Å²) in [5, 5.41) is 10.8. The molecular weight excluding hydrogens is 272 g/mol. The van der Waals surface area contributed by atoms with Crippen LogP contribution in [0.3, 0.4) is 0 Å². The number of nitrogens with two attached hydrogens (primary N) is 1. The van der Waals surface area contributed by atoms with Gasteiger partial charge >= 0.3 is 0 Å². The Kier molecular flexibility index (Phi) is 4.74. The normalized spacial score (nSPS) is 15.0. The molecule has 1 aliphatic rings. The fraction of sp³-hybridized carbons (Fsp3) is 0.500. The summed E-state index contributed by atoms with van der Waals surface area (Å²) in [6.07, 6.45) is 4.78. The minimum absolute atomic E-state index is 0.139. The SMILES string of the molecule is CN(CC1CCCC1)C(=O)c1ccc([N+](=O)[O-])c(NN)c1. The Morgan fingerprint density at radius 3 is 2.71 bits per heavy atom. The summed E-state index contributed by atoms with van der Waals surface area (Å²) in [5.41, 5.74) is 2.66. The fourth-order valence-corrected chi connectivity index (χ4v) is 2.83. The number of rotatable bonds is 5. The number of nitro benzene ring substituents is 1. The molecule has 1 aromatic carbocycles. The second-order valence-electron chi connectivity index (χ2n) is 5.47. The summed E-state index contributed by atoms with van der Waals surface area (Å²) in [7, 11) is 1.76. The molecule has 1 aromatic rings. The van der Waals surface area contributed by atoms with Gasteiger partial charge in [-0.05, 0) is 30.9 Å². The second-order valence-corrected chi connectivity index (χ2v) is 5.47. The maximum absolute atomic E-state index is 12.4. The van der Waals surface area contributed by atoms with Crippen LogP contribution >= 0.6 is 0 Å². The van der Waals surface area contributed by atoms with Crippen LogP contribution in [-0.4, -0.2) is 29.3 Å². The van der Waals surface area contributed by atoms with E-state index in [9.17, 15) is 14.9 Å². The molecule has 0 aliphatic heterocycles. The number of carbonyl (C=O) groups excluding carboxylic acids is 1. The maximum Gasteiger partial charge on any atom is 0.293 e. The first kappa shape index (κ1) is 15.2. The first-order valence-corrected chi connectivity index (χ1v) is 7.03. The molecule has 0 spiro atoms. The van der Waals surface area contributed by atoms with Gasteiger partial charge < -0.3 is 10.3 Å². The largest absolute Gasteiger partial charge is 0.341 e. The van der Waals surface area contributed by atoms with Crippen molar-refractivity contribution in [2.45, 2.75) is 25.7 Å². The zero-order valence-electron chi connectivity index (χ0n) is 12.0. The van der Waals surface area contributed by atoms with E-state index in [0.29, 0.717) is 11.5 Å². The van der Waals surface area contributed by atoms with E-state index in [4.69, 9.17) is 5.84 Å². The Labute approximate surface area is 123 Å². The Balaban J connectivity index is 2.12. The lowest BCUT2D eigenvalue weighted by Crippen LogP contribution is -2.31. The van der Waals surface area contributed by atoms with Gasteiger partial charge in [-0.1, -0.05) is 12.8 Å². The molecule has 21 heavy (non-hydrogen) atoms. The molecule has 114 valence electrons. The number of anilines is 1. The van der Waals surface area contributed by atoms with E-state index in [2.05, 4.69) is 5.43 Å². The fourth-order valence-electron chi connectivity index (χ4n) is 2.83. The Hall–Kier alpha value is -2.15. The maximum atomic E-state index is 12.4. The van der Waals surface area contributed by atoms with Crippen LogP contribution in [0.25, 0.3) is 0 Å². The predicted molar refractivity (Wildman–Crippen MR) is 79.8 cm³/mol. The van der Waals surface area contributed by atoms with E-state index in [1.807, 2.05) is 0 Å². The highest BCUT2D eigenvalue weighted by molar-refractivity contribution is 5.95. The van der Waals surface area contributed by atoms with Crippen LogP contribution in [0, 0.1) is 16.0 Å². The lowest BCUT2D eigenvalue weighted by Gasteiger charge is -2.21. The van der Waals surface area contributed by atoms with Gasteiger partial charge in [-0.15, -0.1) is 0 Å². The van der Waals surface area contributed by atoms with E-state index in [-0.39, 0.29) is 17.3 Å². The molecule has 0 aromatic heterocycles. The molecule has 7 heteroatoms. The van der Waals surface area contributed by atoms with Gasteiger partial charge in [0.25, 0.3) is 11.6 Å². The van der Waals surface area contributed by atoms with Gasteiger partial charge in [-0.2, -0.15) is 0 Å². The molecule has 3 N–H and O–H groups in total. The Morgan fingerprint density at radius 1 is 1.48 bits per heavy atom. The highest BCUT2D eigenvalue weighted by Gasteiger charge is 2.22. The zero-order chi connectivity index (χ0) is 15.4. The minimum Gasteiger partial charge on any atom is -0.341 e. The molecule has 0 radical (unpaired) electrons. The number of nitrogens with one attached hydrogen (secondary N) is 1. The molecule has 1 saturated carbocycles. The number of amides is 1. The van der Waals surface area contributed by atoms with Crippen LogP contribution in [-0.2, 0) is 0 Å². The van der Waals surface area contributed by atoms with E-state index in [0.717, 1.165) is 19.4 Å². The predicted octanol–water partition coefficient (Wildman–Crippen LogP) is 2.14. The third-order valence-corrected chi connectivity index (χ3v) is 3.95. The van der Waals surface area contributed by atoms with Gasteiger partial charge in [0.1, 0.15) is 5.69 Å². The number of nitro groups is 1. The molecule has 0 unspecified atom stereocenters. The van der Waals surface area contributed by atoms with Crippen molar-refractivity contribution in [3.63, 3.8) is 0 Å². The summed E-state index contributed by atoms with van der Waals surface area (Å²) in [4.78, 5) is 24.4. The number of nitrogens with zero attached hydrogens (tertiary/aromatic N) is 2. The average molecular weight is 292 g/mol. The van der Waals surface area contributed by atoms with Crippen molar-refractivity contribution in [2.75, 3.05) is 19.0 Å². The van der Waals surface area contributed by atoms with Gasteiger partial charge in [-0.25, -0.2) is 0 Å². The van der Waals surface area contributed by atoms with Crippen LogP contribution < -0.4 is 11.3 Å². The van der Waals surface area contributed by atoms with Crippen LogP contribution in [0.15, 0.2) is 18.2 Å². The lowest BCUT2D eigenvalue weighted by atomic mass is 10.1. The molecule has 1 aliphatic carbocycles. The molecule has 0 atom stereocenters. The molecule has 0 saturated heterocycles. The number of hydrogen-bond donors (Lipinski definition) is 2. The van der Waals surface area contributed by atoms with Crippen molar-refractivity contribution in [3.8, 4) is 0 Å². The van der Waals surface area contributed by atoms with Crippen molar-refractivity contribution >= 4 is 17.3 Å². The van der Waals surface area contributed by atoms with Crippen molar-refractivity contribution in [3.05, 3.63) is 33.9 Å². The van der Waals surface area contributed by atoms with Crippen LogP contribution in [0.1, 0.15) is 36.0 Å². The topological polar surface area (TPSA) is 102 Å². The lowest BCUT2D eigenvalue weighted by molar-refractivity contribution is -0.384. The van der Waals surface area contributed by atoms with Gasteiger partial charge in [0.2, 0.25) is 0 Å². The van der Waals surface area contributed by atoms with Gasteiger partial charge in [-0.3, -0.25) is 20.8 Å². The molecule has 0 bridgehead atoms. The smallest absolute Gasteiger partial charge is 0.293 e. The van der Waals surface area contributed by atoms with Crippen molar-refractivity contribution in [1.82, 2.24) is 4.90 Å². The Morgan fingerprint density at radius 2 is 2.14 bits per heavy atom. The van der Waals surface area contributed by atoms with E-state index < -0.39 is 4.92 Å². The standard InChI is InChI=1S/C14H20N4O3/c1-17(9-10-4-2-3-5-10)14(19)11-6-7-13(18(20)21)12(8-11)16-15/h6-8,10,16H,2-5,9,15H2,1H3. The molecular formula is C14H20N4O3. The summed E-state index contributed by atoms with van der Waals surface area (Å²) < 4.78 is 0. The zero-order valence-corrected chi connectivity index (χ0v) is 12.0. The van der Waals surface area contributed by atoms with Gasteiger partial charge in [0.15, 0.2) is 0 Å². The molecule has 1 amide bonds. The number of nitrogen functional groups attached to an aromatic ring is 1. The quantitative estimate of drug-likeness (QED) is 0.492. The molecule has 7 nitrogen and oxygen atoms in total. The van der Waals surface area contributed by atoms with E-state index in [1.54, 1.807) is 11.9 Å². The number of hydrazine groups is 1. The molecule has 2 rings (SSSR count). The summed E-state index contributed by atoms with van der Waals surface area (Å²) in [6, 6.07) is 4.18. The third-order valence-electron chi connectivity index (χ3n) is 3.95. The second kappa shape index (κ2) is 6.53. The molecule has 0 heterocycles. The highest BCUT2D eigenvalue weighted by atomic mass is 16.6. The van der Waals surface area contributed by atoms with Crippen LogP contribution in [0.4, 0.5) is 11.4 Å². The first-order chi connectivity index (χ1) is 10.0. The average Bonchev–Trinajstić information content (AvgIpc) is 2.98. The third kappa shape index (κ3) is 3.49. The number of hydrogen-bond acceptors (Lipinski definition) is 5. The van der Waals surface area contributed by atoms with Crippen LogP contribution in [0.2, 0.25) is 0 Å². The van der Waals surface area contributed by atoms with Crippen LogP contribution in [0.5, 0.6) is 0 Å². The van der Waals surface area contributed by atoms with Crippen molar-refractivity contribution in [2.24, 2.45) is 11.8 Å². The Bertz CT molecular complexity index is 541. The summed E-state index contributed by atoms with van der Waals surface area (Å²) in [6.45, 7) is 0.723. The van der Waals surface area contributed by atoms with Crippen molar-refractivity contribution < 1.29 is 9.72 Å². The van der Waals surface area contributed by atoms with E-state index >= 15 is 0 Å². The van der Waals surface area contributed by atoms with E-state index in [1.165, 1.54) is 31.0 Å². The minimum atomic E-state index is -0.536. The summed E-state index contributed by atoms with van der Waals surface area (Å²) in [5.74, 6) is 5.70. The number of benzene rings is 1. The highest BCUT2D eigenvalue weighted by Crippen LogP contribution is 2.27. The summed E-state index contributed by atoms with van der Waals surface area (Å²) >= 11 is 0. The first-order valence-electron chi connectivity index (χ1n) is 7.03. The monoisotopic (exact) mass is 292 g/mol.